The Morgan fingerprint density at radius 1 is 1.05 bits per heavy atom. The second-order valence-electron chi connectivity index (χ2n) is 11.6. The van der Waals surface area contributed by atoms with E-state index < -0.39 is 22.0 Å². The lowest BCUT2D eigenvalue weighted by Crippen LogP contribution is -2.51. The van der Waals surface area contributed by atoms with Gasteiger partial charge in [-0.3, -0.25) is 4.79 Å². The first-order chi connectivity index (χ1) is 18.6. The second-order valence-corrected chi connectivity index (χ2v) is 13.9. The Hall–Kier alpha value is -2.29. The minimum Gasteiger partial charge on any atom is -0.487 e. The van der Waals surface area contributed by atoms with Crippen LogP contribution in [-0.4, -0.2) is 44.4 Å². The molecule has 0 aromatic heterocycles. The van der Waals surface area contributed by atoms with Crippen molar-refractivity contribution in [3.63, 3.8) is 0 Å². The fraction of sp³-hybridized carbons (Fsp3) is 0.567. The van der Waals surface area contributed by atoms with E-state index in [0.29, 0.717) is 42.6 Å². The summed E-state index contributed by atoms with van der Waals surface area (Å²) in [6, 6.07) is 11.1. The van der Waals surface area contributed by atoms with Gasteiger partial charge in [-0.05, 0) is 97.7 Å². The third kappa shape index (κ3) is 6.39. The molecular formula is C30H39ClN2O5S. The molecule has 0 spiro atoms. The molecule has 2 N–H and O–H groups in total. The first kappa shape index (κ1) is 28.2. The molecule has 7 nitrogen and oxygen atoms in total. The molecule has 1 aliphatic carbocycles. The number of halogens is 1. The van der Waals surface area contributed by atoms with Crippen molar-refractivity contribution < 1.29 is 23.1 Å². The normalized spacial score (nSPS) is 28.0. The van der Waals surface area contributed by atoms with Crippen molar-refractivity contribution in [1.82, 2.24) is 4.72 Å². The van der Waals surface area contributed by atoms with Crippen LogP contribution < -0.4 is 14.4 Å². The van der Waals surface area contributed by atoms with Gasteiger partial charge in [-0.15, -0.1) is 0 Å². The first-order valence-electron chi connectivity index (χ1n) is 14.2. The van der Waals surface area contributed by atoms with Crippen LogP contribution >= 0.6 is 11.6 Å². The van der Waals surface area contributed by atoms with Crippen molar-refractivity contribution in [2.24, 2.45) is 11.3 Å². The van der Waals surface area contributed by atoms with Gasteiger partial charge in [0.1, 0.15) is 12.4 Å². The fourth-order valence-corrected chi connectivity index (χ4v) is 7.56. The van der Waals surface area contributed by atoms with E-state index in [0.717, 1.165) is 62.9 Å². The molecule has 1 fully saturated rings. The van der Waals surface area contributed by atoms with Crippen LogP contribution in [0.3, 0.4) is 0 Å². The summed E-state index contributed by atoms with van der Waals surface area (Å²) in [5.41, 5.74) is 3.15. The molecule has 212 valence electrons. The van der Waals surface area contributed by atoms with Gasteiger partial charge in [0.25, 0.3) is 5.91 Å². The predicted molar refractivity (Wildman–Crippen MR) is 154 cm³/mol. The number of nitrogens with zero attached hydrogens (tertiary/aromatic N) is 1. The van der Waals surface area contributed by atoms with Gasteiger partial charge in [0.05, 0.1) is 17.5 Å². The summed E-state index contributed by atoms with van der Waals surface area (Å²) in [6.07, 6.45) is 6.97. The highest BCUT2D eigenvalue weighted by Gasteiger charge is 2.48. The van der Waals surface area contributed by atoms with Crippen molar-refractivity contribution in [3.05, 3.63) is 58.1 Å². The fourth-order valence-electron chi connectivity index (χ4n) is 6.28. The summed E-state index contributed by atoms with van der Waals surface area (Å²) in [5.74, 6) is 0.230. The van der Waals surface area contributed by atoms with Gasteiger partial charge < -0.3 is 14.7 Å². The molecule has 1 amide bonds. The summed E-state index contributed by atoms with van der Waals surface area (Å²) >= 11 is 6.29. The monoisotopic (exact) mass is 574 g/mol. The molecule has 5 rings (SSSR count). The number of hydrogen-bond donors (Lipinski definition) is 2. The number of nitrogens with one attached hydrogen (secondary N) is 1. The van der Waals surface area contributed by atoms with Crippen molar-refractivity contribution in [3.8, 4) is 5.75 Å². The molecule has 0 saturated heterocycles. The summed E-state index contributed by atoms with van der Waals surface area (Å²) < 4.78 is 33.9. The predicted octanol–water partition coefficient (Wildman–Crippen LogP) is 5.47. The Morgan fingerprint density at radius 2 is 1.90 bits per heavy atom. The molecule has 2 heterocycles. The van der Waals surface area contributed by atoms with Crippen LogP contribution in [0, 0.1) is 11.3 Å². The lowest BCUT2D eigenvalue weighted by molar-refractivity contribution is -0.0756. The molecule has 9 heteroatoms. The highest BCUT2D eigenvalue weighted by Crippen LogP contribution is 2.51. The molecular weight excluding hydrogens is 536 g/mol. The zero-order valence-electron chi connectivity index (χ0n) is 22.6. The molecule has 3 aliphatic rings. The second kappa shape index (κ2) is 11.7. The van der Waals surface area contributed by atoms with Crippen LogP contribution in [0.5, 0.6) is 5.75 Å². The van der Waals surface area contributed by atoms with Gasteiger partial charge in [0.15, 0.2) is 0 Å². The highest BCUT2D eigenvalue weighted by atomic mass is 35.5. The number of aliphatic hydroxyl groups is 1. The standard InChI is InChI=1S/C30H39ClN2O5S/c1-30-14-13-24(30)19-33-15-5-4-7-21-17-25(31)11-9-23(21)20-38-27-12-10-22(18-26(27)33)29(35)32-39(36,37)16-6-2-3-8-28(30)34/h9-12,17-18,24,28,34H,2-8,13-16,19-20H2,1H3,(H,32,35)/t24-,28-,30+/m1/s1. The number of fused-ring (bicyclic) bond motifs is 3. The van der Waals surface area contributed by atoms with Crippen LogP contribution in [-0.2, 0) is 23.1 Å². The van der Waals surface area contributed by atoms with Crippen molar-refractivity contribution in [2.45, 2.75) is 77.4 Å². The third-order valence-electron chi connectivity index (χ3n) is 9.04. The van der Waals surface area contributed by atoms with Crippen molar-refractivity contribution >= 4 is 33.2 Å². The van der Waals surface area contributed by atoms with E-state index in [2.05, 4.69) is 16.5 Å². The van der Waals surface area contributed by atoms with E-state index in [1.165, 1.54) is 5.56 Å². The Labute approximate surface area is 236 Å². The van der Waals surface area contributed by atoms with E-state index in [9.17, 15) is 18.3 Å². The highest BCUT2D eigenvalue weighted by molar-refractivity contribution is 7.90. The summed E-state index contributed by atoms with van der Waals surface area (Å²) in [5, 5.41) is 11.9. The SMILES string of the molecule is C[C@]12CC[C@@H]1CN1CCCCc3cc(Cl)ccc3COc3ccc(cc31)C(=O)NS(=O)(=O)CCCCC[C@H]2O. The maximum Gasteiger partial charge on any atom is 0.264 e. The summed E-state index contributed by atoms with van der Waals surface area (Å²) in [6.45, 7) is 4.06. The van der Waals surface area contributed by atoms with Gasteiger partial charge in [-0.1, -0.05) is 37.4 Å². The minimum absolute atomic E-state index is 0.113. The number of aryl methyl sites for hydroxylation is 1. The van der Waals surface area contributed by atoms with Gasteiger partial charge in [-0.2, -0.15) is 0 Å². The summed E-state index contributed by atoms with van der Waals surface area (Å²) in [4.78, 5) is 15.3. The van der Waals surface area contributed by atoms with Crippen molar-refractivity contribution in [1.29, 1.82) is 0 Å². The number of rotatable bonds is 0. The van der Waals surface area contributed by atoms with E-state index in [-0.39, 0.29) is 16.7 Å². The largest absolute Gasteiger partial charge is 0.487 e. The third-order valence-corrected chi connectivity index (χ3v) is 10.6. The van der Waals surface area contributed by atoms with Crippen LogP contribution in [0.2, 0.25) is 5.02 Å². The maximum absolute atomic E-state index is 13.1. The van der Waals surface area contributed by atoms with E-state index in [1.807, 2.05) is 18.2 Å². The average molecular weight is 575 g/mol. The number of sulfonamides is 1. The smallest absolute Gasteiger partial charge is 0.264 e. The number of carbonyl (C=O) groups is 1. The van der Waals surface area contributed by atoms with E-state index >= 15 is 0 Å². The molecule has 3 atom stereocenters. The molecule has 2 bridgehead atoms. The molecule has 2 aromatic rings. The van der Waals surface area contributed by atoms with Crippen LogP contribution in [0.4, 0.5) is 5.69 Å². The molecule has 2 aliphatic heterocycles. The van der Waals surface area contributed by atoms with Crippen molar-refractivity contribution in [2.75, 3.05) is 23.7 Å². The molecule has 0 unspecified atom stereocenters. The number of amides is 1. The lowest BCUT2D eigenvalue weighted by atomic mass is 9.57. The van der Waals surface area contributed by atoms with E-state index in [1.54, 1.807) is 18.2 Å². The number of aliphatic hydroxyl groups excluding tert-OH is 1. The number of ether oxygens (including phenoxy) is 1. The van der Waals surface area contributed by atoms with Gasteiger partial charge >= 0.3 is 0 Å². The lowest BCUT2D eigenvalue weighted by Gasteiger charge is -2.52. The average Bonchev–Trinajstić information content (AvgIpc) is 2.92. The Morgan fingerprint density at radius 3 is 2.69 bits per heavy atom. The Kier molecular flexibility index (Phi) is 8.45. The molecule has 1 saturated carbocycles. The summed E-state index contributed by atoms with van der Waals surface area (Å²) in [7, 11) is -3.76. The van der Waals surface area contributed by atoms with Gasteiger partial charge in [-0.25, -0.2) is 13.1 Å². The molecule has 2 aromatic carbocycles. The van der Waals surface area contributed by atoms with Gasteiger partial charge in [0, 0.05) is 23.7 Å². The quantitative estimate of drug-likeness (QED) is 0.433. The van der Waals surface area contributed by atoms with Crippen LogP contribution in [0.15, 0.2) is 36.4 Å². The van der Waals surface area contributed by atoms with Crippen LogP contribution in [0.25, 0.3) is 0 Å². The molecule has 0 radical (unpaired) electrons. The molecule has 39 heavy (non-hydrogen) atoms. The number of hydrogen-bond acceptors (Lipinski definition) is 6. The Balaban J connectivity index is 1.53. The number of anilines is 1. The minimum atomic E-state index is -3.76. The number of carbonyl (C=O) groups excluding carboxylic acids is 1. The maximum atomic E-state index is 13.1. The number of benzene rings is 2. The zero-order valence-corrected chi connectivity index (χ0v) is 24.2. The topological polar surface area (TPSA) is 95.9 Å². The zero-order chi connectivity index (χ0) is 27.6. The Bertz CT molecular complexity index is 1320. The van der Waals surface area contributed by atoms with Crippen LogP contribution in [0.1, 0.15) is 79.8 Å². The van der Waals surface area contributed by atoms with Gasteiger partial charge in [0.2, 0.25) is 10.0 Å². The first-order valence-corrected chi connectivity index (χ1v) is 16.2. The van der Waals surface area contributed by atoms with E-state index in [4.69, 9.17) is 16.3 Å².